The van der Waals surface area contributed by atoms with Crippen LogP contribution in [0.1, 0.15) is 0 Å². The lowest BCUT2D eigenvalue weighted by molar-refractivity contribution is -0.120. The molecule has 146 valence electrons. The highest BCUT2D eigenvalue weighted by molar-refractivity contribution is 7.90. The van der Waals surface area contributed by atoms with Crippen LogP contribution >= 0.6 is 0 Å². The SMILES string of the molecule is COc1ccc(NC(=O)NC(=O)Cn2c(S(C)(=O)=O)nc3ccccc32)cc1. The molecule has 2 aromatic carbocycles. The zero-order chi connectivity index (χ0) is 20.3. The summed E-state index contributed by atoms with van der Waals surface area (Å²) in [6, 6.07) is 12.6. The Kier molecular flexibility index (Phi) is 5.32. The second-order valence-electron chi connectivity index (χ2n) is 5.97. The van der Waals surface area contributed by atoms with Gasteiger partial charge in [0.2, 0.25) is 20.9 Å². The Morgan fingerprint density at radius 3 is 2.43 bits per heavy atom. The van der Waals surface area contributed by atoms with Crippen molar-refractivity contribution in [1.29, 1.82) is 0 Å². The number of sulfone groups is 1. The number of imide groups is 1. The Bertz CT molecular complexity index is 1140. The van der Waals surface area contributed by atoms with E-state index < -0.39 is 21.8 Å². The van der Waals surface area contributed by atoms with Crippen molar-refractivity contribution in [2.75, 3.05) is 18.7 Å². The number of rotatable bonds is 5. The number of nitrogens with zero attached hydrogens (tertiary/aromatic N) is 2. The number of para-hydroxylation sites is 2. The van der Waals surface area contributed by atoms with Crippen LogP contribution in [0.5, 0.6) is 5.75 Å². The first-order chi connectivity index (χ1) is 13.3. The molecule has 0 spiro atoms. The summed E-state index contributed by atoms with van der Waals surface area (Å²) in [6.45, 7) is -0.376. The third-order valence-electron chi connectivity index (χ3n) is 3.85. The number of carbonyl (C=O) groups excluding carboxylic acids is 2. The Morgan fingerprint density at radius 2 is 1.79 bits per heavy atom. The van der Waals surface area contributed by atoms with E-state index in [-0.39, 0.29) is 11.7 Å². The fourth-order valence-electron chi connectivity index (χ4n) is 2.64. The fraction of sp³-hybridized carbons (Fsp3) is 0.167. The van der Waals surface area contributed by atoms with E-state index in [4.69, 9.17) is 4.74 Å². The minimum atomic E-state index is -3.67. The number of aromatic nitrogens is 2. The molecule has 0 atom stereocenters. The van der Waals surface area contributed by atoms with Gasteiger partial charge in [-0.3, -0.25) is 10.1 Å². The molecule has 0 radical (unpaired) electrons. The number of amides is 3. The summed E-state index contributed by atoms with van der Waals surface area (Å²) < 4.78 is 30.3. The quantitative estimate of drug-likeness (QED) is 0.672. The summed E-state index contributed by atoms with van der Waals surface area (Å²) in [5.41, 5.74) is 1.39. The number of imidazole rings is 1. The van der Waals surface area contributed by atoms with Crippen molar-refractivity contribution in [3.05, 3.63) is 48.5 Å². The molecule has 3 amide bonds. The van der Waals surface area contributed by atoms with E-state index in [9.17, 15) is 18.0 Å². The number of hydrogen-bond donors (Lipinski definition) is 2. The Morgan fingerprint density at radius 1 is 1.11 bits per heavy atom. The summed E-state index contributed by atoms with van der Waals surface area (Å²) in [4.78, 5) is 28.4. The fourth-order valence-corrected chi connectivity index (χ4v) is 3.46. The number of carbonyl (C=O) groups is 2. The lowest BCUT2D eigenvalue weighted by Crippen LogP contribution is -2.37. The highest BCUT2D eigenvalue weighted by Crippen LogP contribution is 2.19. The summed E-state index contributed by atoms with van der Waals surface area (Å²) in [5, 5.41) is 4.45. The average molecular weight is 402 g/mol. The van der Waals surface area contributed by atoms with E-state index in [1.165, 1.54) is 11.7 Å². The van der Waals surface area contributed by atoms with Crippen molar-refractivity contribution in [1.82, 2.24) is 14.9 Å². The largest absolute Gasteiger partial charge is 0.497 e. The van der Waals surface area contributed by atoms with Crippen LogP contribution < -0.4 is 15.4 Å². The van der Waals surface area contributed by atoms with Gasteiger partial charge in [-0.1, -0.05) is 12.1 Å². The first-order valence-corrected chi connectivity index (χ1v) is 10.1. The van der Waals surface area contributed by atoms with Gasteiger partial charge in [-0.2, -0.15) is 0 Å². The molecule has 0 aliphatic carbocycles. The number of anilines is 1. The number of nitrogens with one attached hydrogen (secondary N) is 2. The van der Waals surface area contributed by atoms with Crippen LogP contribution in [0, 0.1) is 0 Å². The van der Waals surface area contributed by atoms with Gasteiger partial charge >= 0.3 is 6.03 Å². The van der Waals surface area contributed by atoms with Crippen LogP contribution in [0.2, 0.25) is 0 Å². The summed E-state index contributed by atoms with van der Waals surface area (Å²) in [7, 11) is -2.14. The molecule has 0 aliphatic heterocycles. The number of methoxy groups -OCH3 is 1. The predicted octanol–water partition coefficient (Wildman–Crippen LogP) is 1.80. The van der Waals surface area contributed by atoms with Crippen LogP contribution in [-0.4, -0.2) is 43.3 Å². The number of ether oxygens (including phenoxy) is 1. The monoisotopic (exact) mass is 402 g/mol. The summed E-state index contributed by atoms with van der Waals surface area (Å²) in [5.74, 6) is -0.0543. The van der Waals surface area contributed by atoms with Crippen LogP contribution in [-0.2, 0) is 21.2 Å². The molecule has 2 N–H and O–H groups in total. The number of fused-ring (bicyclic) bond motifs is 1. The summed E-state index contributed by atoms with van der Waals surface area (Å²) in [6.07, 6.45) is 1.01. The highest BCUT2D eigenvalue weighted by Gasteiger charge is 2.21. The molecule has 1 aromatic heterocycles. The molecule has 0 unspecified atom stereocenters. The first-order valence-electron chi connectivity index (χ1n) is 8.18. The zero-order valence-electron chi connectivity index (χ0n) is 15.2. The van der Waals surface area contributed by atoms with Gasteiger partial charge in [0, 0.05) is 11.9 Å². The normalized spacial score (nSPS) is 11.2. The lowest BCUT2D eigenvalue weighted by atomic mass is 10.3. The molecule has 1 heterocycles. The van der Waals surface area contributed by atoms with E-state index in [1.54, 1.807) is 48.5 Å². The highest BCUT2D eigenvalue weighted by atomic mass is 32.2. The maximum Gasteiger partial charge on any atom is 0.325 e. The molecule has 0 bridgehead atoms. The second kappa shape index (κ2) is 7.69. The van der Waals surface area contributed by atoms with Gasteiger partial charge in [0.1, 0.15) is 12.3 Å². The zero-order valence-corrected chi connectivity index (χ0v) is 16.0. The third-order valence-corrected chi connectivity index (χ3v) is 4.83. The van der Waals surface area contributed by atoms with E-state index in [1.807, 2.05) is 0 Å². The van der Waals surface area contributed by atoms with Crippen molar-refractivity contribution in [2.24, 2.45) is 0 Å². The molecule has 0 saturated carbocycles. The summed E-state index contributed by atoms with van der Waals surface area (Å²) >= 11 is 0. The first kappa shape index (κ1) is 19.4. The molecule has 9 nitrogen and oxygen atoms in total. The van der Waals surface area contributed by atoms with Crippen LogP contribution in [0.25, 0.3) is 11.0 Å². The average Bonchev–Trinajstić information content (AvgIpc) is 3.01. The number of benzene rings is 2. The smallest absolute Gasteiger partial charge is 0.325 e. The van der Waals surface area contributed by atoms with Gasteiger partial charge in [0.15, 0.2) is 0 Å². The van der Waals surface area contributed by atoms with Gasteiger partial charge in [-0.25, -0.2) is 18.2 Å². The predicted molar refractivity (Wildman–Crippen MR) is 103 cm³/mol. The van der Waals surface area contributed by atoms with E-state index >= 15 is 0 Å². The maximum atomic E-state index is 12.3. The molecule has 0 fully saturated rings. The maximum absolute atomic E-state index is 12.3. The van der Waals surface area contributed by atoms with Crippen LogP contribution in [0.15, 0.2) is 53.7 Å². The Hall–Kier alpha value is -3.40. The number of urea groups is 1. The molecular formula is C18H18N4O5S. The topological polar surface area (TPSA) is 119 Å². The Labute approximate surface area is 161 Å². The molecule has 10 heteroatoms. The standard InChI is InChI=1S/C18H18N4O5S/c1-27-13-9-7-12(8-10-13)19-17(24)21-16(23)11-22-15-6-4-3-5-14(15)20-18(22)28(2,25)26/h3-10H,11H2,1-2H3,(H2,19,21,23,24). The van der Waals surface area contributed by atoms with Crippen molar-refractivity contribution >= 4 is 38.5 Å². The Balaban J connectivity index is 1.75. The van der Waals surface area contributed by atoms with Crippen molar-refractivity contribution < 1.29 is 22.7 Å². The van der Waals surface area contributed by atoms with Gasteiger partial charge < -0.3 is 14.6 Å². The van der Waals surface area contributed by atoms with Crippen LogP contribution in [0.3, 0.4) is 0 Å². The minimum absolute atomic E-state index is 0.237. The molecular weight excluding hydrogens is 384 g/mol. The molecule has 0 saturated heterocycles. The van der Waals surface area contributed by atoms with Crippen molar-refractivity contribution in [2.45, 2.75) is 11.7 Å². The van der Waals surface area contributed by atoms with Crippen molar-refractivity contribution in [3.8, 4) is 5.75 Å². The molecule has 0 aliphatic rings. The van der Waals surface area contributed by atoms with Gasteiger partial charge in [-0.15, -0.1) is 0 Å². The minimum Gasteiger partial charge on any atom is -0.497 e. The molecule has 28 heavy (non-hydrogen) atoms. The molecule has 3 rings (SSSR count). The number of hydrogen-bond acceptors (Lipinski definition) is 6. The van der Waals surface area contributed by atoms with E-state index in [0.29, 0.717) is 22.5 Å². The molecule has 3 aromatic rings. The second-order valence-corrected chi connectivity index (χ2v) is 7.88. The third kappa shape index (κ3) is 4.29. The van der Waals surface area contributed by atoms with Gasteiger partial charge in [0.25, 0.3) is 0 Å². The lowest BCUT2D eigenvalue weighted by Gasteiger charge is -2.10. The van der Waals surface area contributed by atoms with Gasteiger partial charge in [-0.05, 0) is 36.4 Å². The van der Waals surface area contributed by atoms with Gasteiger partial charge in [0.05, 0.1) is 18.1 Å². The van der Waals surface area contributed by atoms with Crippen LogP contribution in [0.4, 0.5) is 10.5 Å². The van der Waals surface area contributed by atoms with E-state index in [2.05, 4.69) is 15.6 Å². The van der Waals surface area contributed by atoms with Crippen molar-refractivity contribution in [3.63, 3.8) is 0 Å². The van der Waals surface area contributed by atoms with E-state index in [0.717, 1.165) is 6.26 Å².